The van der Waals surface area contributed by atoms with Crippen LogP contribution in [-0.2, 0) is 0 Å². The SMILES string of the molecule is CC1CN2CCCC2CN1c1cccc(Cl)c1[N+](=O)[O-]. The highest BCUT2D eigenvalue weighted by Crippen LogP contribution is 2.38. The molecule has 1 aromatic rings. The van der Waals surface area contributed by atoms with Crippen LogP contribution in [0.2, 0.25) is 5.02 Å². The summed E-state index contributed by atoms with van der Waals surface area (Å²) in [4.78, 5) is 15.6. The van der Waals surface area contributed by atoms with E-state index >= 15 is 0 Å². The molecule has 0 N–H and O–H groups in total. The molecule has 2 aliphatic heterocycles. The lowest BCUT2D eigenvalue weighted by Gasteiger charge is -2.43. The first-order valence-corrected chi connectivity index (χ1v) is 7.39. The molecule has 0 radical (unpaired) electrons. The van der Waals surface area contributed by atoms with Crippen LogP contribution in [0.1, 0.15) is 19.8 Å². The van der Waals surface area contributed by atoms with Gasteiger partial charge in [-0.15, -0.1) is 0 Å². The Morgan fingerprint density at radius 2 is 2.20 bits per heavy atom. The Hall–Kier alpha value is -1.33. The average molecular weight is 296 g/mol. The second-order valence-corrected chi connectivity index (χ2v) is 6.06. The molecule has 0 bridgehead atoms. The van der Waals surface area contributed by atoms with Crippen molar-refractivity contribution in [1.29, 1.82) is 0 Å². The third kappa shape index (κ3) is 2.25. The number of hydrogen-bond donors (Lipinski definition) is 0. The Bertz CT molecular complexity index is 537. The van der Waals surface area contributed by atoms with Gasteiger partial charge in [-0.05, 0) is 38.4 Å². The number of nitro benzene ring substituents is 1. The number of piperazine rings is 1. The van der Waals surface area contributed by atoms with Crippen LogP contribution in [0.25, 0.3) is 0 Å². The predicted octanol–water partition coefficient (Wildman–Crippen LogP) is 2.92. The first kappa shape index (κ1) is 13.6. The van der Waals surface area contributed by atoms with Crippen molar-refractivity contribution in [3.05, 3.63) is 33.3 Å². The summed E-state index contributed by atoms with van der Waals surface area (Å²) in [6.07, 6.45) is 2.40. The molecule has 2 fully saturated rings. The molecule has 0 amide bonds. The third-order valence-electron chi connectivity index (χ3n) is 4.39. The van der Waals surface area contributed by atoms with Gasteiger partial charge in [0.05, 0.1) is 4.92 Å². The van der Waals surface area contributed by atoms with Crippen LogP contribution in [0.15, 0.2) is 18.2 Å². The van der Waals surface area contributed by atoms with E-state index < -0.39 is 0 Å². The fraction of sp³-hybridized carbons (Fsp3) is 0.571. The molecule has 0 aromatic heterocycles. The number of rotatable bonds is 2. The van der Waals surface area contributed by atoms with E-state index in [1.807, 2.05) is 6.07 Å². The molecule has 108 valence electrons. The van der Waals surface area contributed by atoms with Crippen LogP contribution < -0.4 is 4.90 Å². The molecule has 2 heterocycles. The molecule has 2 saturated heterocycles. The summed E-state index contributed by atoms with van der Waals surface area (Å²) < 4.78 is 0. The standard InChI is InChI=1S/C14H18ClN3O2/c1-10-8-16-7-3-4-11(16)9-17(10)13-6-2-5-12(15)14(13)18(19)20/h2,5-6,10-11H,3-4,7-9H2,1H3. The van der Waals surface area contributed by atoms with Crippen LogP contribution >= 0.6 is 11.6 Å². The van der Waals surface area contributed by atoms with E-state index in [2.05, 4.69) is 16.7 Å². The zero-order valence-corrected chi connectivity index (χ0v) is 12.2. The molecule has 1 aromatic carbocycles. The summed E-state index contributed by atoms with van der Waals surface area (Å²) in [6, 6.07) is 5.97. The summed E-state index contributed by atoms with van der Waals surface area (Å²) >= 11 is 6.02. The molecular weight excluding hydrogens is 278 g/mol. The van der Waals surface area contributed by atoms with Crippen molar-refractivity contribution in [2.45, 2.75) is 31.8 Å². The second kappa shape index (κ2) is 5.22. The van der Waals surface area contributed by atoms with Crippen molar-refractivity contribution in [1.82, 2.24) is 4.90 Å². The fourth-order valence-electron chi connectivity index (χ4n) is 3.44. The van der Waals surface area contributed by atoms with Crippen molar-refractivity contribution < 1.29 is 4.92 Å². The summed E-state index contributed by atoms with van der Waals surface area (Å²) in [5.74, 6) is 0. The van der Waals surface area contributed by atoms with Crippen molar-refractivity contribution in [2.24, 2.45) is 0 Å². The summed E-state index contributed by atoms with van der Waals surface area (Å²) in [5.41, 5.74) is 0.689. The highest BCUT2D eigenvalue weighted by Gasteiger charge is 2.37. The minimum atomic E-state index is -0.370. The van der Waals surface area contributed by atoms with Gasteiger partial charge < -0.3 is 4.90 Å². The lowest BCUT2D eigenvalue weighted by Crippen LogP contribution is -2.55. The highest BCUT2D eigenvalue weighted by atomic mass is 35.5. The number of para-hydroxylation sites is 1. The Balaban J connectivity index is 1.96. The zero-order valence-electron chi connectivity index (χ0n) is 11.5. The number of nitrogens with zero attached hydrogens (tertiary/aromatic N) is 3. The van der Waals surface area contributed by atoms with Gasteiger partial charge in [-0.3, -0.25) is 15.0 Å². The van der Waals surface area contributed by atoms with Gasteiger partial charge in [-0.25, -0.2) is 0 Å². The fourth-order valence-corrected chi connectivity index (χ4v) is 3.68. The van der Waals surface area contributed by atoms with E-state index in [0.717, 1.165) is 19.6 Å². The van der Waals surface area contributed by atoms with Crippen LogP contribution in [-0.4, -0.2) is 41.5 Å². The number of nitro groups is 1. The van der Waals surface area contributed by atoms with Crippen LogP contribution in [0.4, 0.5) is 11.4 Å². The Morgan fingerprint density at radius 3 is 2.95 bits per heavy atom. The summed E-state index contributed by atoms with van der Waals surface area (Å²) in [5, 5.41) is 11.5. The first-order chi connectivity index (χ1) is 9.58. The van der Waals surface area contributed by atoms with E-state index in [1.54, 1.807) is 12.1 Å². The van der Waals surface area contributed by atoms with Gasteiger partial charge >= 0.3 is 5.69 Å². The quantitative estimate of drug-likeness (QED) is 0.622. The van der Waals surface area contributed by atoms with E-state index in [0.29, 0.717) is 11.7 Å². The molecule has 2 aliphatic rings. The molecule has 3 rings (SSSR count). The van der Waals surface area contributed by atoms with Gasteiger partial charge in [-0.2, -0.15) is 0 Å². The maximum Gasteiger partial charge on any atom is 0.310 e. The van der Waals surface area contributed by atoms with E-state index in [9.17, 15) is 10.1 Å². The molecule has 0 saturated carbocycles. The Morgan fingerprint density at radius 1 is 1.40 bits per heavy atom. The van der Waals surface area contributed by atoms with Crippen molar-refractivity contribution in [2.75, 3.05) is 24.5 Å². The lowest BCUT2D eigenvalue weighted by molar-refractivity contribution is -0.384. The number of halogens is 1. The van der Waals surface area contributed by atoms with Crippen molar-refractivity contribution >= 4 is 23.0 Å². The summed E-state index contributed by atoms with van der Waals surface area (Å²) in [6.45, 7) is 5.09. The predicted molar refractivity (Wildman–Crippen MR) is 79.5 cm³/mol. The van der Waals surface area contributed by atoms with E-state index in [-0.39, 0.29) is 21.7 Å². The Labute approximate surface area is 123 Å². The van der Waals surface area contributed by atoms with Gasteiger partial charge in [0.25, 0.3) is 0 Å². The van der Waals surface area contributed by atoms with Crippen LogP contribution in [0.3, 0.4) is 0 Å². The molecule has 0 aliphatic carbocycles. The number of anilines is 1. The maximum absolute atomic E-state index is 11.3. The number of benzene rings is 1. The maximum atomic E-state index is 11.3. The molecule has 5 nitrogen and oxygen atoms in total. The van der Waals surface area contributed by atoms with Gasteiger partial charge in [0.15, 0.2) is 0 Å². The lowest BCUT2D eigenvalue weighted by atomic mass is 10.1. The monoisotopic (exact) mass is 295 g/mol. The minimum absolute atomic E-state index is 0.0347. The Kier molecular flexibility index (Phi) is 3.56. The van der Waals surface area contributed by atoms with Crippen molar-refractivity contribution in [3.8, 4) is 0 Å². The zero-order chi connectivity index (χ0) is 14.3. The van der Waals surface area contributed by atoms with Crippen LogP contribution in [0.5, 0.6) is 0 Å². The van der Waals surface area contributed by atoms with Crippen LogP contribution in [0, 0.1) is 10.1 Å². The van der Waals surface area contributed by atoms with Gasteiger partial charge in [-0.1, -0.05) is 17.7 Å². The first-order valence-electron chi connectivity index (χ1n) is 7.01. The second-order valence-electron chi connectivity index (χ2n) is 5.66. The van der Waals surface area contributed by atoms with Gasteiger partial charge in [0, 0.05) is 25.2 Å². The number of hydrogen-bond acceptors (Lipinski definition) is 4. The third-order valence-corrected chi connectivity index (χ3v) is 4.70. The van der Waals surface area contributed by atoms with E-state index in [1.165, 1.54) is 12.8 Å². The normalized spacial score (nSPS) is 26.6. The van der Waals surface area contributed by atoms with E-state index in [4.69, 9.17) is 11.6 Å². The highest BCUT2D eigenvalue weighted by molar-refractivity contribution is 6.33. The topological polar surface area (TPSA) is 49.6 Å². The largest absolute Gasteiger partial charge is 0.360 e. The smallest absolute Gasteiger partial charge is 0.310 e. The van der Waals surface area contributed by atoms with Gasteiger partial charge in [0.1, 0.15) is 10.7 Å². The number of fused-ring (bicyclic) bond motifs is 1. The molecular formula is C14H18ClN3O2. The molecule has 2 unspecified atom stereocenters. The molecule has 20 heavy (non-hydrogen) atoms. The van der Waals surface area contributed by atoms with Crippen molar-refractivity contribution in [3.63, 3.8) is 0 Å². The molecule has 6 heteroatoms. The minimum Gasteiger partial charge on any atom is -0.360 e. The summed E-state index contributed by atoms with van der Waals surface area (Å²) in [7, 11) is 0. The molecule has 2 atom stereocenters. The molecule has 0 spiro atoms. The average Bonchev–Trinajstić information content (AvgIpc) is 2.84. The van der Waals surface area contributed by atoms with Gasteiger partial charge in [0.2, 0.25) is 0 Å².